The van der Waals surface area contributed by atoms with Crippen molar-refractivity contribution in [2.75, 3.05) is 0 Å². The van der Waals surface area contributed by atoms with Crippen LogP contribution < -0.4 is 11.5 Å². The lowest BCUT2D eigenvalue weighted by Crippen LogP contribution is -2.22. The van der Waals surface area contributed by atoms with Gasteiger partial charge in [0.05, 0.1) is 0 Å². The molecule has 106 valence electrons. The van der Waals surface area contributed by atoms with Gasteiger partial charge in [-0.05, 0) is 30.0 Å². The molecule has 1 aromatic rings. The van der Waals surface area contributed by atoms with Crippen molar-refractivity contribution in [3.05, 3.63) is 34.4 Å². The molecule has 0 spiro atoms. The van der Waals surface area contributed by atoms with Crippen LogP contribution in [0.5, 0.6) is 0 Å². The van der Waals surface area contributed by atoms with E-state index in [4.69, 9.17) is 11.5 Å². The van der Waals surface area contributed by atoms with Crippen molar-refractivity contribution in [3.63, 3.8) is 0 Å². The Bertz CT molecular complexity index is 473. The molecule has 0 saturated heterocycles. The van der Waals surface area contributed by atoms with Crippen LogP contribution in [0.3, 0.4) is 0 Å². The summed E-state index contributed by atoms with van der Waals surface area (Å²) in [7, 11) is 0. The molecule has 0 saturated carbocycles. The van der Waals surface area contributed by atoms with Crippen LogP contribution in [0, 0.1) is 0 Å². The van der Waals surface area contributed by atoms with Gasteiger partial charge in [0.2, 0.25) is 11.8 Å². The molecule has 0 radical (unpaired) electrons. The number of carbonyl (C=O) groups excluding carboxylic acids is 2. The molecule has 0 aliphatic rings. The summed E-state index contributed by atoms with van der Waals surface area (Å²) in [5.74, 6) is -0.992. The molecule has 0 atom stereocenters. The van der Waals surface area contributed by atoms with Gasteiger partial charge in [0.25, 0.3) is 0 Å². The summed E-state index contributed by atoms with van der Waals surface area (Å²) in [6, 6.07) is 3.48. The molecule has 0 bridgehead atoms. The van der Waals surface area contributed by atoms with Gasteiger partial charge in [-0.15, -0.1) is 12.4 Å². The van der Waals surface area contributed by atoms with Crippen LogP contribution in [0.25, 0.3) is 0 Å². The van der Waals surface area contributed by atoms with E-state index >= 15 is 0 Å². The molecular formula is C14H21ClN2O2. The van der Waals surface area contributed by atoms with Crippen molar-refractivity contribution >= 4 is 24.2 Å². The van der Waals surface area contributed by atoms with Gasteiger partial charge in [0, 0.05) is 11.1 Å². The van der Waals surface area contributed by atoms with E-state index in [0.717, 1.165) is 24.8 Å². The summed E-state index contributed by atoms with van der Waals surface area (Å²) >= 11 is 0. The highest BCUT2D eigenvalue weighted by atomic mass is 35.5. The predicted molar refractivity (Wildman–Crippen MR) is 78.7 cm³/mol. The predicted octanol–water partition coefficient (Wildman–Crippen LogP) is 2.21. The molecule has 0 unspecified atom stereocenters. The third-order valence-corrected chi connectivity index (χ3v) is 2.93. The first-order valence-corrected chi connectivity index (χ1v) is 6.27. The first kappa shape index (κ1) is 17.4. The Morgan fingerprint density at radius 1 is 1.00 bits per heavy atom. The Morgan fingerprint density at radius 2 is 1.58 bits per heavy atom. The molecular weight excluding hydrogens is 264 g/mol. The largest absolute Gasteiger partial charge is 0.366 e. The number of nitrogens with two attached hydrogens (primary N) is 2. The molecule has 0 fully saturated rings. The normalized spacial score (nSPS) is 9.79. The summed E-state index contributed by atoms with van der Waals surface area (Å²) in [6.07, 6.45) is 3.15. The van der Waals surface area contributed by atoms with E-state index in [2.05, 4.69) is 0 Å². The maximum absolute atomic E-state index is 11.6. The molecule has 5 heteroatoms. The van der Waals surface area contributed by atoms with E-state index in [-0.39, 0.29) is 12.4 Å². The Labute approximate surface area is 120 Å². The number of rotatable bonds is 6. The van der Waals surface area contributed by atoms with Crippen LogP contribution in [0.2, 0.25) is 0 Å². The van der Waals surface area contributed by atoms with Crippen LogP contribution in [0.15, 0.2) is 12.1 Å². The number of benzene rings is 1. The van der Waals surface area contributed by atoms with Gasteiger partial charge >= 0.3 is 0 Å². The molecule has 1 rings (SSSR count). The van der Waals surface area contributed by atoms with Crippen molar-refractivity contribution < 1.29 is 9.59 Å². The maximum Gasteiger partial charge on any atom is 0.249 e. The quantitative estimate of drug-likeness (QED) is 0.839. The Balaban J connectivity index is 0.00000324. The van der Waals surface area contributed by atoms with Crippen LogP contribution in [-0.2, 0) is 12.8 Å². The second-order valence-corrected chi connectivity index (χ2v) is 4.35. The third-order valence-electron chi connectivity index (χ3n) is 2.93. The van der Waals surface area contributed by atoms with Gasteiger partial charge in [-0.3, -0.25) is 9.59 Å². The third kappa shape index (κ3) is 3.96. The Hall–Kier alpha value is -1.55. The minimum atomic E-state index is -0.510. The fourth-order valence-corrected chi connectivity index (χ4v) is 2.22. The van der Waals surface area contributed by atoms with Crippen LogP contribution in [0.4, 0.5) is 0 Å². The van der Waals surface area contributed by atoms with Gasteiger partial charge in [0.1, 0.15) is 0 Å². The second-order valence-electron chi connectivity index (χ2n) is 4.35. The van der Waals surface area contributed by atoms with Gasteiger partial charge in [-0.25, -0.2) is 0 Å². The molecule has 0 heterocycles. The van der Waals surface area contributed by atoms with Gasteiger partial charge in [0.15, 0.2) is 0 Å². The van der Waals surface area contributed by atoms with E-state index in [1.54, 1.807) is 12.1 Å². The number of amides is 2. The lowest BCUT2D eigenvalue weighted by atomic mass is 9.90. The Morgan fingerprint density at radius 3 is 2.00 bits per heavy atom. The highest BCUT2D eigenvalue weighted by molar-refractivity contribution is 6.02. The van der Waals surface area contributed by atoms with Crippen molar-refractivity contribution in [3.8, 4) is 0 Å². The van der Waals surface area contributed by atoms with Crippen LogP contribution in [-0.4, -0.2) is 11.8 Å². The summed E-state index contributed by atoms with van der Waals surface area (Å²) in [5.41, 5.74) is 13.3. The molecule has 2 amide bonds. The fraction of sp³-hybridized carbons (Fsp3) is 0.429. The maximum atomic E-state index is 11.6. The number of primary amides is 2. The zero-order valence-corrected chi connectivity index (χ0v) is 12.2. The van der Waals surface area contributed by atoms with Crippen molar-refractivity contribution in [1.82, 2.24) is 0 Å². The van der Waals surface area contributed by atoms with E-state index in [0.29, 0.717) is 23.1 Å². The summed E-state index contributed by atoms with van der Waals surface area (Å²) in [4.78, 5) is 23.0. The highest BCUT2D eigenvalue weighted by Gasteiger charge is 2.18. The lowest BCUT2D eigenvalue weighted by Gasteiger charge is -2.14. The second kappa shape index (κ2) is 7.79. The highest BCUT2D eigenvalue weighted by Crippen LogP contribution is 2.22. The zero-order valence-electron chi connectivity index (χ0n) is 11.4. The number of hydrogen-bond donors (Lipinski definition) is 2. The summed E-state index contributed by atoms with van der Waals surface area (Å²) in [6.45, 7) is 4.02. The number of hydrogen-bond acceptors (Lipinski definition) is 2. The molecule has 19 heavy (non-hydrogen) atoms. The first-order valence-electron chi connectivity index (χ1n) is 6.27. The van der Waals surface area contributed by atoms with Gasteiger partial charge in [-0.2, -0.15) is 0 Å². The summed E-state index contributed by atoms with van der Waals surface area (Å²) in [5, 5.41) is 0. The number of carbonyl (C=O) groups is 2. The average molecular weight is 285 g/mol. The molecule has 0 aromatic heterocycles. The van der Waals surface area contributed by atoms with E-state index < -0.39 is 11.8 Å². The van der Waals surface area contributed by atoms with Gasteiger partial charge in [-0.1, -0.05) is 32.8 Å². The van der Waals surface area contributed by atoms with E-state index in [1.807, 2.05) is 13.8 Å². The SMILES string of the molecule is CCCc1ccc(C(N)=O)c(CCC)c1C(N)=O.Cl. The van der Waals surface area contributed by atoms with E-state index in [9.17, 15) is 9.59 Å². The molecule has 0 aliphatic heterocycles. The molecule has 0 aliphatic carbocycles. The van der Waals surface area contributed by atoms with Crippen LogP contribution in [0.1, 0.15) is 58.5 Å². The molecule has 4 N–H and O–H groups in total. The van der Waals surface area contributed by atoms with Crippen molar-refractivity contribution in [2.24, 2.45) is 11.5 Å². The van der Waals surface area contributed by atoms with Crippen molar-refractivity contribution in [2.45, 2.75) is 39.5 Å². The minimum absolute atomic E-state index is 0. The topological polar surface area (TPSA) is 86.2 Å². The number of aryl methyl sites for hydroxylation is 1. The zero-order chi connectivity index (χ0) is 13.7. The first-order chi connectivity index (χ1) is 8.52. The van der Waals surface area contributed by atoms with Crippen molar-refractivity contribution in [1.29, 1.82) is 0 Å². The minimum Gasteiger partial charge on any atom is -0.366 e. The van der Waals surface area contributed by atoms with E-state index in [1.165, 1.54) is 0 Å². The lowest BCUT2D eigenvalue weighted by molar-refractivity contribution is 0.0998. The monoisotopic (exact) mass is 284 g/mol. The molecule has 4 nitrogen and oxygen atoms in total. The van der Waals surface area contributed by atoms with Crippen LogP contribution >= 0.6 is 12.4 Å². The fourth-order valence-electron chi connectivity index (χ4n) is 2.22. The summed E-state index contributed by atoms with van der Waals surface area (Å²) < 4.78 is 0. The Kier molecular flexibility index (Phi) is 7.16. The standard InChI is InChI=1S/C14H20N2O2.ClH/c1-3-5-9-7-8-11(13(15)17)10(6-4-2)12(9)14(16)18;/h7-8H,3-6H2,1-2H3,(H2,15,17)(H2,16,18);1H. The average Bonchev–Trinajstić information content (AvgIpc) is 2.29. The van der Waals surface area contributed by atoms with Gasteiger partial charge < -0.3 is 11.5 Å². The number of halogens is 1. The smallest absolute Gasteiger partial charge is 0.249 e. The molecule has 1 aromatic carbocycles.